The maximum Gasteiger partial charge on any atom is 0.409 e. The molecule has 0 N–H and O–H groups in total. The van der Waals surface area contributed by atoms with Crippen molar-refractivity contribution in [2.24, 2.45) is 0 Å². The molecule has 0 saturated heterocycles. The summed E-state index contributed by atoms with van der Waals surface area (Å²) in [6, 6.07) is 18.0. The lowest BCUT2D eigenvalue weighted by Crippen LogP contribution is -2.01. The predicted molar refractivity (Wildman–Crippen MR) is 131 cm³/mol. The van der Waals surface area contributed by atoms with E-state index in [-0.39, 0.29) is 34.4 Å². The van der Waals surface area contributed by atoms with Crippen LogP contribution in [0.15, 0.2) is 78.9 Å². The molecule has 0 spiro atoms. The fourth-order valence-electron chi connectivity index (χ4n) is 3.99. The lowest BCUT2D eigenvalue weighted by Gasteiger charge is -2.11. The van der Waals surface area contributed by atoms with Gasteiger partial charge in [-0.25, -0.2) is 17.6 Å². The number of halogens is 7. The highest BCUT2D eigenvalue weighted by molar-refractivity contribution is 5.72. The van der Waals surface area contributed by atoms with Crippen LogP contribution in [-0.4, -0.2) is 6.18 Å². The van der Waals surface area contributed by atoms with Crippen molar-refractivity contribution in [2.45, 2.75) is 25.9 Å². The largest absolute Gasteiger partial charge is 0.409 e. The van der Waals surface area contributed by atoms with Crippen molar-refractivity contribution in [2.75, 3.05) is 0 Å². The van der Waals surface area contributed by atoms with Gasteiger partial charge in [0.15, 0.2) is 0 Å². The number of aryl methyl sites for hydroxylation is 3. The molecule has 0 saturated carbocycles. The molecule has 0 aliphatic carbocycles. The van der Waals surface area contributed by atoms with Crippen LogP contribution in [0.25, 0.3) is 28.3 Å². The minimum Gasteiger partial charge on any atom is -0.206 e. The summed E-state index contributed by atoms with van der Waals surface area (Å²) in [5, 5.41) is 0. The highest BCUT2D eigenvalue weighted by Gasteiger charge is 2.23. The predicted octanol–water partition coefficient (Wildman–Crippen LogP) is 9.25. The third-order valence-electron chi connectivity index (χ3n) is 5.97. The van der Waals surface area contributed by atoms with Gasteiger partial charge in [0.1, 0.15) is 23.3 Å². The molecule has 0 fully saturated rings. The maximum absolute atomic E-state index is 14.9. The van der Waals surface area contributed by atoms with Crippen molar-refractivity contribution >= 4 is 6.08 Å². The monoisotopic (exact) mass is 514 g/mol. The summed E-state index contributed by atoms with van der Waals surface area (Å²) in [5.74, 6) is -3.94. The van der Waals surface area contributed by atoms with E-state index in [1.54, 1.807) is 12.1 Å². The smallest absolute Gasteiger partial charge is 0.206 e. The van der Waals surface area contributed by atoms with Crippen molar-refractivity contribution in [1.82, 2.24) is 0 Å². The average Bonchev–Trinajstić information content (AvgIpc) is 2.82. The van der Waals surface area contributed by atoms with Gasteiger partial charge in [0.05, 0.1) is 0 Å². The van der Waals surface area contributed by atoms with Gasteiger partial charge in [0.25, 0.3) is 0 Å². The summed E-state index contributed by atoms with van der Waals surface area (Å²) in [7, 11) is 0. The Morgan fingerprint density at radius 3 is 1.70 bits per heavy atom. The van der Waals surface area contributed by atoms with E-state index in [1.165, 1.54) is 18.2 Å². The number of allylic oxidation sites excluding steroid dienone is 1. The van der Waals surface area contributed by atoms with Crippen LogP contribution < -0.4 is 0 Å². The average molecular weight is 514 g/mol. The van der Waals surface area contributed by atoms with E-state index in [4.69, 9.17) is 0 Å². The summed E-state index contributed by atoms with van der Waals surface area (Å²) in [5.41, 5.74) is 2.20. The Morgan fingerprint density at radius 2 is 1.11 bits per heavy atom. The SMILES string of the molecule is Cc1ccc(CCc2ccc(-c3ccc(-c4cc(F)c(/C=C/C(F)(F)F)c(F)c4)c(F)c3)c(F)c2)cc1. The normalized spacial score (nSPS) is 11.9. The number of hydrogen-bond acceptors (Lipinski definition) is 0. The molecule has 4 aromatic rings. The maximum atomic E-state index is 14.9. The number of hydrogen-bond donors (Lipinski definition) is 0. The molecule has 0 heterocycles. The fourth-order valence-corrected chi connectivity index (χ4v) is 3.99. The molecule has 0 aliphatic rings. The van der Waals surface area contributed by atoms with Crippen LogP contribution in [0.3, 0.4) is 0 Å². The fraction of sp³-hybridized carbons (Fsp3) is 0.133. The molecule has 0 bridgehead atoms. The molecule has 4 rings (SSSR count). The molecular weight excluding hydrogens is 493 g/mol. The molecular formula is C30H21F7. The quantitative estimate of drug-likeness (QED) is 0.225. The zero-order chi connectivity index (χ0) is 26.7. The second kappa shape index (κ2) is 10.6. The second-order valence-electron chi connectivity index (χ2n) is 8.72. The summed E-state index contributed by atoms with van der Waals surface area (Å²) >= 11 is 0. The summed E-state index contributed by atoms with van der Waals surface area (Å²) in [4.78, 5) is 0. The van der Waals surface area contributed by atoms with Gasteiger partial charge in [0.2, 0.25) is 0 Å². The first-order valence-electron chi connectivity index (χ1n) is 11.4. The van der Waals surface area contributed by atoms with E-state index in [0.29, 0.717) is 6.42 Å². The first-order valence-corrected chi connectivity index (χ1v) is 11.4. The van der Waals surface area contributed by atoms with Crippen LogP contribution in [0.2, 0.25) is 0 Å². The van der Waals surface area contributed by atoms with E-state index in [0.717, 1.165) is 41.3 Å². The van der Waals surface area contributed by atoms with Gasteiger partial charge < -0.3 is 0 Å². The van der Waals surface area contributed by atoms with Crippen molar-refractivity contribution in [3.63, 3.8) is 0 Å². The van der Waals surface area contributed by atoms with E-state index in [1.807, 2.05) is 31.2 Å². The molecule has 0 unspecified atom stereocenters. The zero-order valence-corrected chi connectivity index (χ0v) is 19.6. The lowest BCUT2D eigenvalue weighted by atomic mass is 9.96. The topological polar surface area (TPSA) is 0 Å². The zero-order valence-electron chi connectivity index (χ0n) is 19.6. The van der Waals surface area contributed by atoms with Gasteiger partial charge in [-0.2, -0.15) is 13.2 Å². The van der Waals surface area contributed by atoms with Crippen LogP contribution in [0.5, 0.6) is 0 Å². The van der Waals surface area contributed by atoms with Crippen LogP contribution in [0, 0.1) is 30.2 Å². The van der Waals surface area contributed by atoms with E-state index in [2.05, 4.69) is 0 Å². The molecule has 0 radical (unpaired) electrons. The molecule has 0 aromatic heterocycles. The molecule has 190 valence electrons. The van der Waals surface area contributed by atoms with Gasteiger partial charge in [0, 0.05) is 22.8 Å². The Kier molecular flexibility index (Phi) is 7.52. The second-order valence-corrected chi connectivity index (χ2v) is 8.72. The van der Waals surface area contributed by atoms with Crippen LogP contribution in [0.1, 0.15) is 22.3 Å². The van der Waals surface area contributed by atoms with Crippen LogP contribution in [-0.2, 0) is 12.8 Å². The van der Waals surface area contributed by atoms with Gasteiger partial charge in [-0.3, -0.25) is 0 Å². The minimum atomic E-state index is -4.74. The number of rotatable bonds is 6. The Labute approximate surface area is 209 Å². The summed E-state index contributed by atoms with van der Waals surface area (Å²) in [6.45, 7) is 2.00. The first-order chi connectivity index (χ1) is 17.5. The Bertz CT molecular complexity index is 1430. The number of benzene rings is 4. The highest BCUT2D eigenvalue weighted by Crippen LogP contribution is 2.32. The van der Waals surface area contributed by atoms with Gasteiger partial charge in [-0.1, -0.05) is 54.1 Å². The van der Waals surface area contributed by atoms with Crippen LogP contribution >= 0.6 is 0 Å². The van der Waals surface area contributed by atoms with Crippen molar-refractivity contribution in [1.29, 1.82) is 0 Å². The minimum absolute atomic E-state index is 0.162. The molecule has 0 atom stereocenters. The molecule has 7 heteroatoms. The first kappa shape index (κ1) is 26.2. The Morgan fingerprint density at radius 1 is 0.595 bits per heavy atom. The van der Waals surface area contributed by atoms with Crippen LogP contribution in [0.4, 0.5) is 30.7 Å². The van der Waals surface area contributed by atoms with E-state index < -0.39 is 35.0 Å². The Balaban J connectivity index is 1.55. The molecule has 0 aliphatic heterocycles. The molecule has 0 nitrogen and oxygen atoms in total. The van der Waals surface area contributed by atoms with Gasteiger partial charge in [-0.15, -0.1) is 0 Å². The molecule has 0 amide bonds. The van der Waals surface area contributed by atoms with E-state index >= 15 is 0 Å². The number of alkyl halides is 3. The molecule has 37 heavy (non-hydrogen) atoms. The summed E-state index contributed by atoms with van der Waals surface area (Å²) < 4.78 is 95.4. The highest BCUT2D eigenvalue weighted by atomic mass is 19.4. The Hall–Kier alpha value is -3.87. The van der Waals surface area contributed by atoms with Gasteiger partial charge in [-0.05, 0) is 72.4 Å². The third kappa shape index (κ3) is 6.47. The summed E-state index contributed by atoms with van der Waals surface area (Å²) in [6.07, 6.45) is -3.39. The van der Waals surface area contributed by atoms with Crippen molar-refractivity contribution < 1.29 is 30.7 Å². The third-order valence-corrected chi connectivity index (χ3v) is 5.97. The van der Waals surface area contributed by atoms with Gasteiger partial charge >= 0.3 is 6.18 Å². The lowest BCUT2D eigenvalue weighted by molar-refractivity contribution is -0.0790. The standard InChI is InChI=1S/C30H21F7/c1-18-2-4-19(5-3-18)6-7-20-8-10-23(26(31)14-20)21-9-11-24(27(32)15-21)22-16-28(33)25(29(34)17-22)12-13-30(35,36)37/h2-5,8-17H,6-7H2,1H3/b13-12+. The van der Waals surface area contributed by atoms with E-state index in [9.17, 15) is 30.7 Å². The molecule has 4 aromatic carbocycles. The van der Waals surface area contributed by atoms with Crippen molar-refractivity contribution in [3.8, 4) is 22.3 Å². The van der Waals surface area contributed by atoms with Crippen molar-refractivity contribution in [3.05, 3.63) is 124 Å².